The molecular weight excluding hydrogens is 392 g/mol. The van der Waals surface area contributed by atoms with Crippen LogP contribution in [0.3, 0.4) is 0 Å². The van der Waals surface area contributed by atoms with Crippen LogP contribution < -0.4 is 10.1 Å². The number of pyridine rings is 1. The monoisotopic (exact) mass is 418 g/mol. The van der Waals surface area contributed by atoms with Crippen molar-refractivity contribution in [1.29, 1.82) is 0 Å². The van der Waals surface area contributed by atoms with Crippen molar-refractivity contribution in [2.75, 3.05) is 18.5 Å². The lowest BCUT2D eigenvalue weighted by molar-refractivity contribution is -0.119. The summed E-state index contributed by atoms with van der Waals surface area (Å²) in [5, 5.41) is 3.52. The fourth-order valence-corrected chi connectivity index (χ4v) is 4.04. The Balaban J connectivity index is 1.54. The van der Waals surface area contributed by atoms with Gasteiger partial charge in [0.15, 0.2) is 6.61 Å². The Bertz CT molecular complexity index is 1130. The summed E-state index contributed by atoms with van der Waals surface area (Å²) in [4.78, 5) is 30.3. The van der Waals surface area contributed by atoms with Gasteiger partial charge in [-0.25, -0.2) is 4.79 Å². The van der Waals surface area contributed by atoms with Gasteiger partial charge in [-0.3, -0.25) is 9.78 Å². The molecule has 1 heterocycles. The zero-order valence-electron chi connectivity index (χ0n) is 17.8. The maximum atomic E-state index is 13.1. The summed E-state index contributed by atoms with van der Waals surface area (Å²) in [6, 6.07) is 14.8. The van der Waals surface area contributed by atoms with Crippen molar-refractivity contribution in [2.45, 2.75) is 33.1 Å². The lowest BCUT2D eigenvalue weighted by Crippen LogP contribution is -2.24. The number of esters is 1. The van der Waals surface area contributed by atoms with Crippen molar-refractivity contribution in [3.63, 3.8) is 0 Å². The Morgan fingerprint density at radius 2 is 1.90 bits per heavy atom. The van der Waals surface area contributed by atoms with E-state index in [2.05, 4.69) is 12.2 Å². The summed E-state index contributed by atoms with van der Waals surface area (Å²) >= 11 is 0. The number of aryl methyl sites for hydroxylation is 1. The number of amides is 1. The molecule has 6 nitrogen and oxygen atoms in total. The molecule has 0 aliphatic heterocycles. The molecule has 0 fully saturated rings. The van der Waals surface area contributed by atoms with E-state index in [1.807, 2.05) is 37.3 Å². The first-order valence-electron chi connectivity index (χ1n) is 10.7. The normalized spacial score (nSPS) is 15.2. The predicted molar refractivity (Wildman–Crippen MR) is 119 cm³/mol. The Hall–Kier alpha value is -3.41. The number of anilines is 1. The summed E-state index contributed by atoms with van der Waals surface area (Å²) < 4.78 is 11.0. The number of carbonyl (C=O) groups is 2. The first-order chi connectivity index (χ1) is 15.1. The maximum absolute atomic E-state index is 13.1. The van der Waals surface area contributed by atoms with E-state index in [4.69, 9.17) is 14.5 Å². The van der Waals surface area contributed by atoms with E-state index in [0.717, 1.165) is 41.4 Å². The highest BCUT2D eigenvalue weighted by Crippen LogP contribution is 2.32. The summed E-state index contributed by atoms with van der Waals surface area (Å²) in [5.74, 6) is 0.145. The second-order valence-corrected chi connectivity index (χ2v) is 7.83. The van der Waals surface area contributed by atoms with Crippen molar-refractivity contribution >= 4 is 28.5 Å². The number of nitrogens with one attached hydrogen (secondary N) is 1. The minimum atomic E-state index is -0.489. The molecule has 1 amide bonds. The van der Waals surface area contributed by atoms with Crippen LogP contribution >= 0.6 is 0 Å². The van der Waals surface area contributed by atoms with E-state index in [-0.39, 0.29) is 6.61 Å². The van der Waals surface area contributed by atoms with Gasteiger partial charge in [0.05, 0.1) is 23.4 Å². The number of para-hydroxylation sites is 3. The molecule has 31 heavy (non-hydrogen) atoms. The van der Waals surface area contributed by atoms with Crippen LogP contribution in [0.5, 0.6) is 5.75 Å². The highest BCUT2D eigenvalue weighted by atomic mass is 16.5. The second kappa shape index (κ2) is 9.16. The van der Waals surface area contributed by atoms with Crippen molar-refractivity contribution in [2.24, 2.45) is 5.92 Å². The highest BCUT2D eigenvalue weighted by Gasteiger charge is 2.26. The van der Waals surface area contributed by atoms with Crippen LogP contribution in [0, 0.1) is 5.92 Å². The third-order valence-corrected chi connectivity index (χ3v) is 5.50. The summed E-state index contributed by atoms with van der Waals surface area (Å²) in [7, 11) is 0. The number of nitrogens with zero attached hydrogens (tertiary/aromatic N) is 1. The van der Waals surface area contributed by atoms with Gasteiger partial charge in [-0.1, -0.05) is 37.3 Å². The molecule has 0 unspecified atom stereocenters. The third kappa shape index (κ3) is 4.53. The molecule has 0 saturated heterocycles. The highest BCUT2D eigenvalue weighted by molar-refractivity contribution is 6.06. The molecule has 160 valence electrons. The van der Waals surface area contributed by atoms with Gasteiger partial charge in [-0.15, -0.1) is 0 Å². The number of hydrogen-bond donors (Lipinski definition) is 1. The number of benzene rings is 2. The van der Waals surface area contributed by atoms with Gasteiger partial charge in [0.25, 0.3) is 5.91 Å². The van der Waals surface area contributed by atoms with Crippen LogP contribution in [0.25, 0.3) is 10.9 Å². The molecule has 1 aliphatic rings. The SMILES string of the molecule is CCOc1ccccc1NC(=O)COC(=O)c1c2c(nc3ccccc13)CC[C@H](C)C2. The molecule has 1 aliphatic carbocycles. The summed E-state index contributed by atoms with van der Waals surface area (Å²) in [5.41, 5.74) is 3.77. The van der Waals surface area contributed by atoms with Gasteiger partial charge in [-0.2, -0.15) is 0 Å². The topological polar surface area (TPSA) is 77.5 Å². The molecule has 0 bridgehead atoms. The third-order valence-electron chi connectivity index (χ3n) is 5.50. The molecule has 1 N–H and O–H groups in total. The van der Waals surface area contributed by atoms with Gasteiger partial charge >= 0.3 is 5.97 Å². The van der Waals surface area contributed by atoms with Gasteiger partial charge < -0.3 is 14.8 Å². The van der Waals surface area contributed by atoms with E-state index in [1.54, 1.807) is 18.2 Å². The number of hydrogen-bond acceptors (Lipinski definition) is 5. The average molecular weight is 418 g/mol. The molecular formula is C25H26N2O4. The predicted octanol–water partition coefficient (Wildman–Crippen LogP) is 4.55. The van der Waals surface area contributed by atoms with E-state index in [0.29, 0.717) is 29.5 Å². The van der Waals surface area contributed by atoms with E-state index in [9.17, 15) is 9.59 Å². The van der Waals surface area contributed by atoms with Crippen LogP contribution in [0.1, 0.15) is 41.9 Å². The largest absolute Gasteiger partial charge is 0.492 e. The standard InChI is InChI=1S/C25H26N2O4/c1-3-30-22-11-7-6-10-21(22)27-23(28)15-31-25(29)24-17-8-4-5-9-19(17)26-20-13-12-16(2)14-18(20)24/h4-11,16H,3,12-15H2,1-2H3,(H,27,28)/t16-/m0/s1. The average Bonchev–Trinajstić information content (AvgIpc) is 2.77. The van der Waals surface area contributed by atoms with Gasteiger partial charge in [-0.05, 0) is 55.9 Å². The quantitative estimate of drug-likeness (QED) is 0.594. The molecule has 1 aromatic heterocycles. The zero-order valence-corrected chi connectivity index (χ0v) is 17.8. The van der Waals surface area contributed by atoms with E-state index in [1.165, 1.54) is 0 Å². The van der Waals surface area contributed by atoms with Crippen LogP contribution in [0.4, 0.5) is 5.69 Å². The van der Waals surface area contributed by atoms with E-state index < -0.39 is 11.9 Å². The number of carbonyl (C=O) groups excluding carboxylic acids is 2. The lowest BCUT2D eigenvalue weighted by atomic mass is 9.84. The van der Waals surface area contributed by atoms with Gasteiger partial charge in [0, 0.05) is 11.1 Å². The Kier molecular flexibility index (Phi) is 6.16. The molecule has 1 atom stereocenters. The van der Waals surface area contributed by atoms with Crippen LogP contribution in [-0.4, -0.2) is 30.1 Å². The Labute approximate surface area is 181 Å². The summed E-state index contributed by atoms with van der Waals surface area (Å²) in [6.45, 7) is 4.16. The molecule has 3 aromatic rings. The Morgan fingerprint density at radius 3 is 2.74 bits per heavy atom. The number of rotatable bonds is 6. The smallest absolute Gasteiger partial charge is 0.339 e. The Morgan fingerprint density at radius 1 is 1.13 bits per heavy atom. The number of ether oxygens (including phenoxy) is 2. The minimum Gasteiger partial charge on any atom is -0.492 e. The zero-order chi connectivity index (χ0) is 21.8. The van der Waals surface area contributed by atoms with Gasteiger partial charge in [0.1, 0.15) is 5.75 Å². The fourth-order valence-electron chi connectivity index (χ4n) is 4.04. The fraction of sp³-hybridized carbons (Fsp3) is 0.320. The molecule has 4 rings (SSSR count). The van der Waals surface area contributed by atoms with Crippen LogP contribution in [-0.2, 0) is 22.4 Å². The van der Waals surface area contributed by atoms with Crippen LogP contribution in [0.2, 0.25) is 0 Å². The van der Waals surface area contributed by atoms with Gasteiger partial charge in [0.2, 0.25) is 0 Å². The lowest BCUT2D eigenvalue weighted by Gasteiger charge is -2.24. The number of fused-ring (bicyclic) bond motifs is 2. The molecule has 6 heteroatoms. The van der Waals surface area contributed by atoms with Crippen molar-refractivity contribution in [1.82, 2.24) is 4.98 Å². The first-order valence-corrected chi connectivity index (χ1v) is 10.7. The first kappa shape index (κ1) is 20.8. The minimum absolute atomic E-state index is 0.375. The molecule has 0 saturated carbocycles. The second-order valence-electron chi connectivity index (χ2n) is 7.83. The summed E-state index contributed by atoms with van der Waals surface area (Å²) in [6.07, 6.45) is 2.68. The maximum Gasteiger partial charge on any atom is 0.339 e. The van der Waals surface area contributed by atoms with Crippen molar-refractivity contribution in [3.05, 3.63) is 65.4 Å². The van der Waals surface area contributed by atoms with Crippen molar-refractivity contribution in [3.8, 4) is 5.75 Å². The van der Waals surface area contributed by atoms with E-state index >= 15 is 0 Å². The molecule has 0 radical (unpaired) electrons. The number of aromatic nitrogens is 1. The van der Waals surface area contributed by atoms with Crippen molar-refractivity contribution < 1.29 is 19.1 Å². The molecule has 2 aromatic carbocycles. The van der Waals surface area contributed by atoms with Crippen LogP contribution in [0.15, 0.2) is 48.5 Å². The molecule has 0 spiro atoms.